The number of primary amides is 1. The molecule has 1 fully saturated rings. The summed E-state index contributed by atoms with van der Waals surface area (Å²) < 4.78 is 35.8. The molecule has 0 aliphatic carbocycles. The summed E-state index contributed by atoms with van der Waals surface area (Å²) in [5.41, 5.74) is 5.17. The highest BCUT2D eigenvalue weighted by molar-refractivity contribution is 5.80. The maximum atomic E-state index is 11.9. The highest BCUT2D eigenvalue weighted by Gasteiger charge is 2.29. The monoisotopic (exact) mass is 239 g/mol. The van der Waals surface area contributed by atoms with Gasteiger partial charge >= 0.3 is 6.18 Å². The van der Waals surface area contributed by atoms with Crippen molar-refractivity contribution in [1.82, 2.24) is 10.2 Å². The number of rotatable bonds is 4. The molecule has 1 unspecified atom stereocenters. The van der Waals surface area contributed by atoms with Crippen molar-refractivity contribution >= 4 is 5.91 Å². The highest BCUT2D eigenvalue weighted by atomic mass is 19.4. The maximum absolute atomic E-state index is 11.9. The van der Waals surface area contributed by atoms with Crippen molar-refractivity contribution in [2.24, 2.45) is 5.73 Å². The number of hydrogen-bond acceptors (Lipinski definition) is 3. The van der Waals surface area contributed by atoms with Crippen molar-refractivity contribution in [2.75, 3.05) is 26.2 Å². The zero-order chi connectivity index (χ0) is 12.2. The zero-order valence-electron chi connectivity index (χ0n) is 8.89. The molecule has 1 rings (SSSR count). The second kappa shape index (κ2) is 5.49. The standard InChI is InChI=1S/C9H16F3N3O/c10-9(11,12)2-1-4-15-5-3-14-6-7(15)8(13)16/h7,14H,1-6H2,(H2,13,16). The van der Waals surface area contributed by atoms with Crippen LogP contribution in [0, 0.1) is 0 Å². The predicted octanol–water partition coefficient (Wildman–Crippen LogP) is 0.0880. The van der Waals surface area contributed by atoms with Gasteiger partial charge in [0.05, 0.1) is 0 Å². The van der Waals surface area contributed by atoms with Gasteiger partial charge in [-0.3, -0.25) is 9.69 Å². The molecule has 1 aliphatic heterocycles. The molecule has 7 heteroatoms. The molecule has 0 bridgehead atoms. The summed E-state index contributed by atoms with van der Waals surface area (Å²) in [6, 6.07) is -0.484. The average Bonchev–Trinajstić information content (AvgIpc) is 2.16. The largest absolute Gasteiger partial charge is 0.389 e. The molecule has 0 radical (unpaired) electrons. The van der Waals surface area contributed by atoms with E-state index in [1.54, 1.807) is 4.90 Å². The summed E-state index contributed by atoms with van der Waals surface area (Å²) in [5.74, 6) is -0.487. The Hall–Kier alpha value is -0.820. The minimum atomic E-state index is -4.13. The molecule has 0 spiro atoms. The van der Waals surface area contributed by atoms with Crippen LogP contribution >= 0.6 is 0 Å². The first-order chi connectivity index (χ1) is 7.40. The molecular formula is C9H16F3N3O. The van der Waals surface area contributed by atoms with Crippen LogP contribution in [-0.2, 0) is 4.79 Å². The van der Waals surface area contributed by atoms with Gasteiger partial charge in [0.15, 0.2) is 0 Å². The summed E-state index contributed by atoms with van der Waals surface area (Å²) >= 11 is 0. The van der Waals surface area contributed by atoms with Crippen molar-refractivity contribution in [2.45, 2.75) is 25.1 Å². The first-order valence-corrected chi connectivity index (χ1v) is 5.21. The minimum absolute atomic E-state index is 0.00722. The molecule has 1 amide bonds. The van der Waals surface area contributed by atoms with Gasteiger partial charge in [0.1, 0.15) is 6.04 Å². The van der Waals surface area contributed by atoms with Gasteiger partial charge in [-0.05, 0) is 13.0 Å². The third kappa shape index (κ3) is 4.36. The Morgan fingerprint density at radius 1 is 1.50 bits per heavy atom. The number of alkyl halides is 3. The summed E-state index contributed by atoms with van der Waals surface area (Å²) in [6.45, 7) is 1.91. The minimum Gasteiger partial charge on any atom is -0.368 e. The van der Waals surface area contributed by atoms with Gasteiger partial charge < -0.3 is 11.1 Å². The van der Waals surface area contributed by atoms with Crippen LogP contribution in [0.25, 0.3) is 0 Å². The van der Waals surface area contributed by atoms with Crippen LogP contribution in [0.15, 0.2) is 0 Å². The Bertz CT molecular complexity index is 245. The lowest BCUT2D eigenvalue weighted by atomic mass is 10.1. The number of carbonyl (C=O) groups excluding carboxylic acids is 1. The summed E-state index contributed by atoms with van der Waals surface area (Å²) in [5, 5.41) is 2.99. The molecule has 1 atom stereocenters. The fraction of sp³-hybridized carbons (Fsp3) is 0.889. The van der Waals surface area contributed by atoms with E-state index in [0.717, 1.165) is 0 Å². The van der Waals surface area contributed by atoms with Gasteiger partial charge in [-0.2, -0.15) is 13.2 Å². The van der Waals surface area contributed by atoms with E-state index in [0.29, 0.717) is 19.6 Å². The molecule has 1 heterocycles. The van der Waals surface area contributed by atoms with Crippen molar-refractivity contribution in [3.05, 3.63) is 0 Å². The van der Waals surface area contributed by atoms with Crippen molar-refractivity contribution in [3.8, 4) is 0 Å². The topological polar surface area (TPSA) is 58.4 Å². The number of piperazine rings is 1. The molecule has 1 aliphatic rings. The van der Waals surface area contributed by atoms with E-state index in [9.17, 15) is 18.0 Å². The van der Waals surface area contributed by atoms with E-state index >= 15 is 0 Å². The number of nitrogens with two attached hydrogens (primary N) is 1. The lowest BCUT2D eigenvalue weighted by Gasteiger charge is -2.34. The molecular weight excluding hydrogens is 223 g/mol. The number of carbonyl (C=O) groups is 1. The van der Waals surface area contributed by atoms with Crippen LogP contribution in [0.4, 0.5) is 13.2 Å². The SMILES string of the molecule is NC(=O)C1CNCCN1CCCC(F)(F)F. The molecule has 94 valence electrons. The zero-order valence-corrected chi connectivity index (χ0v) is 8.89. The van der Waals surface area contributed by atoms with E-state index in [1.807, 2.05) is 0 Å². The maximum Gasteiger partial charge on any atom is 0.389 e. The van der Waals surface area contributed by atoms with Crippen molar-refractivity contribution in [1.29, 1.82) is 0 Å². The normalized spacial score (nSPS) is 23.3. The van der Waals surface area contributed by atoms with Gasteiger partial charge in [-0.25, -0.2) is 0 Å². The van der Waals surface area contributed by atoms with Gasteiger partial charge in [-0.1, -0.05) is 0 Å². The Morgan fingerprint density at radius 3 is 2.75 bits per heavy atom. The van der Waals surface area contributed by atoms with E-state index in [-0.39, 0.29) is 13.0 Å². The fourth-order valence-electron chi connectivity index (χ4n) is 1.78. The molecule has 16 heavy (non-hydrogen) atoms. The summed E-state index contributed by atoms with van der Waals surface area (Å²) in [7, 11) is 0. The number of halogens is 3. The number of nitrogens with one attached hydrogen (secondary N) is 1. The average molecular weight is 239 g/mol. The Kier molecular flexibility index (Phi) is 4.55. The first kappa shape index (κ1) is 13.2. The van der Waals surface area contributed by atoms with Gasteiger partial charge in [0, 0.05) is 26.1 Å². The molecule has 0 aromatic carbocycles. The second-order valence-corrected chi connectivity index (χ2v) is 3.88. The number of nitrogens with zero attached hydrogens (tertiary/aromatic N) is 1. The molecule has 1 saturated heterocycles. The van der Waals surface area contributed by atoms with Crippen LogP contribution in [0.3, 0.4) is 0 Å². The first-order valence-electron chi connectivity index (χ1n) is 5.21. The lowest BCUT2D eigenvalue weighted by Crippen LogP contribution is -2.57. The number of hydrogen-bond donors (Lipinski definition) is 2. The highest BCUT2D eigenvalue weighted by Crippen LogP contribution is 2.21. The van der Waals surface area contributed by atoms with Crippen LogP contribution in [0.5, 0.6) is 0 Å². The Balaban J connectivity index is 2.36. The fourth-order valence-corrected chi connectivity index (χ4v) is 1.78. The van der Waals surface area contributed by atoms with Crippen molar-refractivity contribution < 1.29 is 18.0 Å². The third-order valence-electron chi connectivity index (χ3n) is 2.59. The Morgan fingerprint density at radius 2 is 2.19 bits per heavy atom. The van der Waals surface area contributed by atoms with E-state index in [2.05, 4.69) is 5.32 Å². The van der Waals surface area contributed by atoms with E-state index in [1.165, 1.54) is 0 Å². The van der Waals surface area contributed by atoms with Gasteiger partial charge in [0.2, 0.25) is 5.91 Å². The number of amides is 1. The van der Waals surface area contributed by atoms with Gasteiger partial charge in [0.25, 0.3) is 0 Å². The quantitative estimate of drug-likeness (QED) is 0.731. The third-order valence-corrected chi connectivity index (χ3v) is 2.59. The summed E-state index contributed by atoms with van der Waals surface area (Å²) in [4.78, 5) is 12.8. The molecule has 0 aromatic rings. The predicted molar refractivity (Wildman–Crippen MR) is 52.7 cm³/mol. The van der Waals surface area contributed by atoms with Crippen LogP contribution < -0.4 is 11.1 Å². The Labute approximate surface area is 92.0 Å². The van der Waals surface area contributed by atoms with E-state index < -0.39 is 24.5 Å². The van der Waals surface area contributed by atoms with Crippen LogP contribution in [0.1, 0.15) is 12.8 Å². The lowest BCUT2D eigenvalue weighted by molar-refractivity contribution is -0.136. The van der Waals surface area contributed by atoms with Crippen molar-refractivity contribution in [3.63, 3.8) is 0 Å². The molecule has 3 N–H and O–H groups in total. The molecule has 4 nitrogen and oxygen atoms in total. The second-order valence-electron chi connectivity index (χ2n) is 3.88. The molecule has 0 saturated carbocycles. The summed E-state index contributed by atoms with van der Waals surface area (Å²) in [6.07, 6.45) is -4.94. The van der Waals surface area contributed by atoms with Crippen LogP contribution in [0.2, 0.25) is 0 Å². The molecule has 0 aromatic heterocycles. The smallest absolute Gasteiger partial charge is 0.368 e. The van der Waals surface area contributed by atoms with E-state index in [4.69, 9.17) is 5.73 Å². The van der Waals surface area contributed by atoms with Crippen LogP contribution in [-0.4, -0.2) is 49.2 Å². The van der Waals surface area contributed by atoms with Gasteiger partial charge in [-0.15, -0.1) is 0 Å².